The lowest BCUT2D eigenvalue weighted by atomic mass is 10.1. The Hall–Kier alpha value is -1.81. The third kappa shape index (κ3) is 2.65. The molecule has 2 aromatic rings. The maximum Gasteiger partial charge on any atom is 0.335 e. The number of aromatic nitrogens is 1. The second-order valence-corrected chi connectivity index (χ2v) is 4.11. The zero-order valence-corrected chi connectivity index (χ0v) is 9.79. The molecule has 0 saturated carbocycles. The molecular weight excluding hydrogens is 216 g/mol. The lowest BCUT2D eigenvalue weighted by Crippen LogP contribution is -2.08. The van der Waals surface area contributed by atoms with Gasteiger partial charge in [0.05, 0.1) is 5.56 Å². The van der Waals surface area contributed by atoms with Crippen LogP contribution in [0, 0.1) is 0 Å². The number of hydrogen-bond donors (Lipinski definition) is 3. The monoisotopic (exact) mass is 232 g/mol. The number of aromatic amines is 1. The summed E-state index contributed by atoms with van der Waals surface area (Å²) in [5.41, 5.74) is 2.48. The van der Waals surface area contributed by atoms with Crippen LogP contribution in [0.25, 0.3) is 10.9 Å². The fourth-order valence-electron chi connectivity index (χ4n) is 1.92. The van der Waals surface area contributed by atoms with Crippen LogP contribution in [0.1, 0.15) is 22.5 Å². The highest BCUT2D eigenvalue weighted by Gasteiger charge is 2.05. The molecule has 4 nitrogen and oxygen atoms in total. The van der Waals surface area contributed by atoms with Gasteiger partial charge in [-0.15, -0.1) is 0 Å². The molecule has 1 aromatic carbocycles. The fourth-order valence-corrected chi connectivity index (χ4v) is 1.92. The minimum Gasteiger partial charge on any atom is -0.478 e. The van der Waals surface area contributed by atoms with Gasteiger partial charge in [-0.1, -0.05) is 0 Å². The first kappa shape index (κ1) is 11.7. The van der Waals surface area contributed by atoms with Crippen LogP contribution in [0.2, 0.25) is 0 Å². The summed E-state index contributed by atoms with van der Waals surface area (Å²) in [6.45, 7) is 0.982. The van der Waals surface area contributed by atoms with E-state index in [1.807, 2.05) is 19.2 Å². The number of aromatic carboxylic acids is 1. The molecule has 0 spiro atoms. The van der Waals surface area contributed by atoms with E-state index >= 15 is 0 Å². The van der Waals surface area contributed by atoms with Crippen molar-refractivity contribution >= 4 is 16.9 Å². The summed E-state index contributed by atoms with van der Waals surface area (Å²) in [6, 6.07) is 7.17. The predicted octanol–water partition coefficient (Wildman–Crippen LogP) is 2.02. The van der Waals surface area contributed by atoms with E-state index in [4.69, 9.17) is 5.11 Å². The number of benzene rings is 1. The van der Waals surface area contributed by atoms with Gasteiger partial charge in [0.2, 0.25) is 0 Å². The highest BCUT2D eigenvalue weighted by molar-refractivity contribution is 5.93. The maximum absolute atomic E-state index is 10.8. The van der Waals surface area contributed by atoms with Crippen molar-refractivity contribution < 1.29 is 9.90 Å². The molecule has 0 amide bonds. The highest BCUT2D eigenvalue weighted by atomic mass is 16.4. The third-order valence-corrected chi connectivity index (χ3v) is 2.80. The second kappa shape index (κ2) is 5.01. The van der Waals surface area contributed by atoms with E-state index in [2.05, 4.69) is 10.3 Å². The molecule has 90 valence electrons. The average Bonchev–Trinajstić information content (AvgIpc) is 2.70. The van der Waals surface area contributed by atoms with E-state index in [1.54, 1.807) is 12.1 Å². The summed E-state index contributed by atoms with van der Waals surface area (Å²) in [5, 5.41) is 13.0. The Morgan fingerprint density at radius 3 is 2.94 bits per heavy atom. The molecule has 0 aliphatic heterocycles. The molecule has 0 aliphatic rings. The first-order valence-electron chi connectivity index (χ1n) is 5.70. The number of carboxylic acid groups (broad SMARTS) is 1. The number of hydrogen-bond acceptors (Lipinski definition) is 2. The van der Waals surface area contributed by atoms with Crippen molar-refractivity contribution in [3.05, 3.63) is 35.5 Å². The van der Waals surface area contributed by atoms with Crippen molar-refractivity contribution in [2.24, 2.45) is 0 Å². The van der Waals surface area contributed by atoms with E-state index in [9.17, 15) is 4.79 Å². The number of aryl methyl sites for hydroxylation is 1. The van der Waals surface area contributed by atoms with Crippen LogP contribution in [-0.4, -0.2) is 29.7 Å². The molecule has 0 saturated heterocycles. The Bertz CT molecular complexity index is 531. The van der Waals surface area contributed by atoms with Gasteiger partial charge in [0, 0.05) is 16.6 Å². The summed E-state index contributed by atoms with van der Waals surface area (Å²) >= 11 is 0. The van der Waals surface area contributed by atoms with Crippen LogP contribution in [0.3, 0.4) is 0 Å². The van der Waals surface area contributed by atoms with Gasteiger partial charge in [-0.3, -0.25) is 0 Å². The van der Waals surface area contributed by atoms with Crippen LogP contribution >= 0.6 is 0 Å². The molecule has 0 fully saturated rings. The van der Waals surface area contributed by atoms with Crippen molar-refractivity contribution in [3.8, 4) is 0 Å². The quantitative estimate of drug-likeness (QED) is 0.691. The molecule has 0 aliphatic carbocycles. The van der Waals surface area contributed by atoms with Crippen molar-refractivity contribution in [2.75, 3.05) is 13.6 Å². The molecule has 1 heterocycles. The summed E-state index contributed by atoms with van der Waals surface area (Å²) in [6.07, 6.45) is 2.03. The lowest BCUT2D eigenvalue weighted by molar-refractivity contribution is 0.0697. The largest absolute Gasteiger partial charge is 0.478 e. The van der Waals surface area contributed by atoms with E-state index in [1.165, 1.54) is 0 Å². The standard InChI is InChI=1S/C13H16N2O2/c1-14-6-2-3-11-8-10-7-9(13(16)17)4-5-12(10)15-11/h4-5,7-8,14-15H,2-3,6H2,1H3,(H,16,17). The van der Waals surface area contributed by atoms with Gasteiger partial charge in [-0.2, -0.15) is 0 Å². The summed E-state index contributed by atoms with van der Waals surface area (Å²) in [4.78, 5) is 14.1. The first-order valence-corrected chi connectivity index (χ1v) is 5.70. The SMILES string of the molecule is CNCCCc1cc2cc(C(=O)O)ccc2[nH]1. The van der Waals surface area contributed by atoms with E-state index < -0.39 is 5.97 Å². The minimum atomic E-state index is -0.884. The molecule has 0 unspecified atom stereocenters. The molecular formula is C13H16N2O2. The van der Waals surface area contributed by atoms with Gasteiger partial charge in [0.15, 0.2) is 0 Å². The molecule has 0 radical (unpaired) electrons. The molecule has 0 bridgehead atoms. The van der Waals surface area contributed by atoms with Crippen LogP contribution < -0.4 is 5.32 Å². The van der Waals surface area contributed by atoms with Crippen molar-refractivity contribution in [1.29, 1.82) is 0 Å². The summed E-state index contributed by atoms with van der Waals surface area (Å²) in [7, 11) is 1.93. The molecule has 0 atom stereocenters. The topological polar surface area (TPSA) is 65.1 Å². The lowest BCUT2D eigenvalue weighted by Gasteiger charge is -1.96. The van der Waals surface area contributed by atoms with E-state index in [-0.39, 0.29) is 0 Å². The zero-order chi connectivity index (χ0) is 12.3. The van der Waals surface area contributed by atoms with Crippen LogP contribution in [0.5, 0.6) is 0 Å². The summed E-state index contributed by atoms with van der Waals surface area (Å²) in [5.74, 6) is -0.884. The van der Waals surface area contributed by atoms with Gasteiger partial charge >= 0.3 is 5.97 Å². The molecule has 17 heavy (non-hydrogen) atoms. The van der Waals surface area contributed by atoms with Crippen molar-refractivity contribution in [2.45, 2.75) is 12.8 Å². The number of H-pyrrole nitrogens is 1. The maximum atomic E-state index is 10.8. The Morgan fingerprint density at radius 1 is 1.41 bits per heavy atom. The third-order valence-electron chi connectivity index (χ3n) is 2.80. The number of carboxylic acids is 1. The molecule has 4 heteroatoms. The van der Waals surface area contributed by atoms with Crippen LogP contribution in [-0.2, 0) is 6.42 Å². The number of carbonyl (C=O) groups is 1. The molecule has 1 aromatic heterocycles. The number of nitrogens with one attached hydrogen (secondary N) is 2. The van der Waals surface area contributed by atoms with Gasteiger partial charge in [-0.25, -0.2) is 4.79 Å². The smallest absolute Gasteiger partial charge is 0.335 e. The Balaban J connectivity index is 2.21. The van der Waals surface area contributed by atoms with E-state index in [0.717, 1.165) is 36.0 Å². The Kier molecular flexibility index (Phi) is 3.44. The van der Waals surface area contributed by atoms with Crippen molar-refractivity contribution in [1.82, 2.24) is 10.3 Å². The van der Waals surface area contributed by atoms with Gasteiger partial charge in [0.25, 0.3) is 0 Å². The van der Waals surface area contributed by atoms with E-state index in [0.29, 0.717) is 5.56 Å². The fraction of sp³-hybridized carbons (Fsp3) is 0.308. The van der Waals surface area contributed by atoms with Crippen LogP contribution in [0.15, 0.2) is 24.3 Å². The first-order chi connectivity index (χ1) is 8.20. The predicted molar refractivity (Wildman–Crippen MR) is 67.5 cm³/mol. The molecule has 3 N–H and O–H groups in total. The Labute approximate surface area is 99.7 Å². The normalized spacial score (nSPS) is 10.9. The zero-order valence-electron chi connectivity index (χ0n) is 9.79. The van der Waals surface area contributed by atoms with Gasteiger partial charge in [-0.05, 0) is 50.7 Å². The van der Waals surface area contributed by atoms with Gasteiger partial charge in [0.1, 0.15) is 0 Å². The van der Waals surface area contributed by atoms with Crippen LogP contribution in [0.4, 0.5) is 0 Å². The van der Waals surface area contributed by atoms with Crippen molar-refractivity contribution in [3.63, 3.8) is 0 Å². The molecule has 2 rings (SSSR count). The second-order valence-electron chi connectivity index (χ2n) is 4.11. The average molecular weight is 232 g/mol. The minimum absolute atomic E-state index is 0.332. The summed E-state index contributed by atoms with van der Waals surface area (Å²) < 4.78 is 0. The van der Waals surface area contributed by atoms with Gasteiger partial charge < -0.3 is 15.4 Å². The number of fused-ring (bicyclic) bond motifs is 1. The number of rotatable bonds is 5. The highest BCUT2D eigenvalue weighted by Crippen LogP contribution is 2.18. The Morgan fingerprint density at radius 2 is 2.24 bits per heavy atom.